The molecule has 2 nitrogen and oxygen atoms in total. The van der Waals surface area contributed by atoms with Gasteiger partial charge in [0.25, 0.3) is 0 Å². The maximum atomic E-state index is 11.6. The van der Waals surface area contributed by atoms with Crippen LogP contribution < -0.4 is 5.73 Å². The maximum Gasteiger partial charge on any atom is 0.441 e. The summed E-state index contributed by atoms with van der Waals surface area (Å²) in [6, 6.07) is 0.181. The van der Waals surface area contributed by atoms with E-state index in [0.29, 0.717) is 0 Å². The Labute approximate surface area is 79.0 Å². The maximum absolute atomic E-state index is 11.6. The van der Waals surface area contributed by atoms with Crippen LogP contribution in [-0.2, 0) is 4.74 Å². The molecule has 0 bridgehead atoms. The summed E-state index contributed by atoms with van der Waals surface area (Å²) in [5, 5.41) is 0. The molecule has 0 atom stereocenters. The fourth-order valence-corrected chi connectivity index (χ4v) is 1.53. The van der Waals surface area contributed by atoms with Gasteiger partial charge in [-0.05, 0) is 24.6 Å². The molecule has 6 heteroatoms. The number of alkyl halides is 3. The lowest BCUT2D eigenvalue weighted by molar-refractivity contribution is -0.0346. The lowest BCUT2D eigenvalue weighted by Gasteiger charge is -2.32. The average Bonchev–Trinajstić information content (AvgIpc) is 1.91. The smallest absolute Gasteiger partial charge is 0.377 e. The highest BCUT2D eigenvalue weighted by atomic mass is 32.2. The lowest BCUT2D eigenvalue weighted by Crippen LogP contribution is -2.41. The van der Waals surface area contributed by atoms with E-state index < -0.39 is 5.51 Å². The van der Waals surface area contributed by atoms with Crippen molar-refractivity contribution in [3.05, 3.63) is 0 Å². The van der Waals surface area contributed by atoms with E-state index in [1.54, 1.807) is 0 Å². The Hall–Kier alpha value is 0.0600. The van der Waals surface area contributed by atoms with Gasteiger partial charge in [-0.2, -0.15) is 13.2 Å². The van der Waals surface area contributed by atoms with Gasteiger partial charge in [0.05, 0.1) is 12.7 Å². The van der Waals surface area contributed by atoms with Crippen LogP contribution in [0.5, 0.6) is 0 Å². The highest BCUT2D eigenvalue weighted by Gasteiger charge is 2.29. The molecular weight excluding hydrogens is 203 g/mol. The Morgan fingerprint density at radius 2 is 2.00 bits per heavy atom. The third kappa shape index (κ3) is 4.73. The van der Waals surface area contributed by atoms with Crippen LogP contribution in [0.1, 0.15) is 12.8 Å². The molecule has 0 unspecified atom stereocenters. The minimum absolute atomic E-state index is 0.0325. The van der Waals surface area contributed by atoms with Crippen molar-refractivity contribution in [2.24, 2.45) is 5.73 Å². The summed E-state index contributed by atoms with van der Waals surface area (Å²) in [6.07, 6.45) is 1.64. The molecule has 0 aromatic carbocycles. The van der Waals surface area contributed by atoms with Gasteiger partial charge < -0.3 is 10.5 Å². The van der Waals surface area contributed by atoms with Gasteiger partial charge in [-0.15, -0.1) is 0 Å². The minimum Gasteiger partial charge on any atom is -0.377 e. The Morgan fingerprint density at radius 1 is 1.38 bits per heavy atom. The van der Waals surface area contributed by atoms with Gasteiger partial charge in [-0.1, -0.05) is 0 Å². The highest BCUT2D eigenvalue weighted by molar-refractivity contribution is 8.00. The topological polar surface area (TPSA) is 35.2 Å². The van der Waals surface area contributed by atoms with Crippen molar-refractivity contribution < 1.29 is 17.9 Å². The number of hydrogen-bond donors (Lipinski definition) is 1. The predicted molar refractivity (Wildman–Crippen MR) is 45.5 cm³/mol. The summed E-state index contributed by atoms with van der Waals surface area (Å²) >= 11 is -0.0453. The average molecular weight is 215 g/mol. The van der Waals surface area contributed by atoms with Gasteiger partial charge in [0.2, 0.25) is 0 Å². The Morgan fingerprint density at radius 3 is 2.46 bits per heavy atom. The van der Waals surface area contributed by atoms with Gasteiger partial charge in [0.15, 0.2) is 0 Å². The van der Waals surface area contributed by atoms with Crippen LogP contribution in [0.15, 0.2) is 0 Å². The molecule has 0 spiro atoms. The van der Waals surface area contributed by atoms with Crippen LogP contribution >= 0.6 is 11.8 Å². The molecule has 0 heterocycles. The molecular formula is C7H12F3NOS. The quantitative estimate of drug-likeness (QED) is 0.725. The van der Waals surface area contributed by atoms with E-state index >= 15 is 0 Å². The van der Waals surface area contributed by atoms with Crippen LogP contribution in [0, 0.1) is 0 Å². The molecule has 0 amide bonds. The second kappa shape index (κ2) is 4.52. The first kappa shape index (κ1) is 11.1. The van der Waals surface area contributed by atoms with Crippen molar-refractivity contribution in [2.45, 2.75) is 30.5 Å². The standard InChI is InChI=1S/C7H12F3NOS/c8-7(9,10)13-2-1-12-6-3-5(11)4-6/h5-6H,1-4,11H2. The van der Waals surface area contributed by atoms with E-state index in [1.165, 1.54) is 0 Å². The van der Waals surface area contributed by atoms with E-state index in [1.807, 2.05) is 0 Å². The summed E-state index contributed by atoms with van der Waals surface area (Å²) < 4.78 is 40.0. The third-order valence-corrected chi connectivity index (χ3v) is 2.53. The summed E-state index contributed by atoms with van der Waals surface area (Å²) in [5.74, 6) is -0.0325. The van der Waals surface area contributed by atoms with Crippen molar-refractivity contribution in [2.75, 3.05) is 12.4 Å². The molecule has 0 aliphatic heterocycles. The van der Waals surface area contributed by atoms with E-state index in [9.17, 15) is 13.2 Å². The van der Waals surface area contributed by atoms with Crippen molar-refractivity contribution >= 4 is 11.8 Å². The first-order valence-corrected chi connectivity index (χ1v) is 5.04. The van der Waals surface area contributed by atoms with Crippen LogP contribution in [0.25, 0.3) is 0 Å². The van der Waals surface area contributed by atoms with Crippen LogP contribution in [0.3, 0.4) is 0 Å². The number of rotatable bonds is 4. The zero-order chi connectivity index (χ0) is 9.90. The summed E-state index contributed by atoms with van der Waals surface area (Å²) in [4.78, 5) is 0. The molecule has 78 valence electrons. The van der Waals surface area contributed by atoms with E-state index in [-0.39, 0.29) is 36.3 Å². The second-order valence-corrected chi connectivity index (χ2v) is 4.18. The third-order valence-electron chi connectivity index (χ3n) is 1.83. The Balaban J connectivity index is 1.90. The monoisotopic (exact) mass is 215 g/mol. The van der Waals surface area contributed by atoms with Crippen LogP contribution in [-0.4, -0.2) is 30.0 Å². The Kier molecular flexibility index (Phi) is 3.87. The van der Waals surface area contributed by atoms with E-state index in [2.05, 4.69) is 0 Å². The first-order valence-electron chi connectivity index (χ1n) is 4.05. The van der Waals surface area contributed by atoms with Crippen molar-refractivity contribution in [1.82, 2.24) is 0 Å². The minimum atomic E-state index is -4.14. The normalized spacial score (nSPS) is 28.6. The lowest BCUT2D eigenvalue weighted by atomic mass is 9.90. The molecule has 2 N–H and O–H groups in total. The molecule has 1 aliphatic carbocycles. The molecule has 13 heavy (non-hydrogen) atoms. The molecule has 1 fully saturated rings. The van der Waals surface area contributed by atoms with E-state index in [4.69, 9.17) is 10.5 Å². The van der Waals surface area contributed by atoms with Crippen LogP contribution in [0.2, 0.25) is 0 Å². The first-order chi connectivity index (χ1) is 5.97. The van der Waals surface area contributed by atoms with Gasteiger partial charge in [0.1, 0.15) is 0 Å². The van der Waals surface area contributed by atoms with Crippen molar-refractivity contribution in [3.8, 4) is 0 Å². The number of thioether (sulfide) groups is 1. The van der Waals surface area contributed by atoms with Gasteiger partial charge in [0, 0.05) is 11.8 Å². The zero-order valence-corrected chi connectivity index (χ0v) is 7.83. The Bertz CT molecular complexity index is 158. The van der Waals surface area contributed by atoms with Crippen molar-refractivity contribution in [3.63, 3.8) is 0 Å². The van der Waals surface area contributed by atoms with Crippen LogP contribution in [0.4, 0.5) is 13.2 Å². The SMILES string of the molecule is NC1CC(OCCSC(F)(F)F)C1. The summed E-state index contributed by atoms with van der Waals surface area (Å²) in [7, 11) is 0. The fraction of sp³-hybridized carbons (Fsp3) is 1.00. The zero-order valence-electron chi connectivity index (χ0n) is 7.01. The summed E-state index contributed by atoms with van der Waals surface area (Å²) in [5.41, 5.74) is 1.34. The van der Waals surface area contributed by atoms with Gasteiger partial charge >= 0.3 is 5.51 Å². The molecule has 0 aromatic heterocycles. The number of hydrogen-bond acceptors (Lipinski definition) is 3. The molecule has 1 aliphatic rings. The van der Waals surface area contributed by atoms with E-state index in [0.717, 1.165) is 12.8 Å². The number of nitrogens with two attached hydrogens (primary N) is 1. The largest absolute Gasteiger partial charge is 0.441 e. The fourth-order valence-electron chi connectivity index (χ4n) is 1.11. The second-order valence-electron chi connectivity index (χ2n) is 3.02. The summed E-state index contributed by atoms with van der Waals surface area (Å²) in [6.45, 7) is 0.154. The molecule has 1 saturated carbocycles. The molecule has 1 rings (SSSR count). The molecule has 0 aromatic rings. The number of halogens is 3. The van der Waals surface area contributed by atoms with Crippen molar-refractivity contribution in [1.29, 1.82) is 0 Å². The highest BCUT2D eigenvalue weighted by Crippen LogP contribution is 2.30. The van der Waals surface area contributed by atoms with Gasteiger partial charge in [-0.3, -0.25) is 0 Å². The van der Waals surface area contributed by atoms with Gasteiger partial charge in [-0.25, -0.2) is 0 Å². The molecule has 0 radical (unpaired) electrons. The number of ether oxygens (including phenoxy) is 1. The molecule has 0 saturated heterocycles. The predicted octanol–water partition coefficient (Wildman–Crippen LogP) is 1.75.